The largest absolute Gasteiger partial charge is 0.469 e. The smallest absolute Gasteiger partial charge is 0.329 e. The van der Waals surface area contributed by atoms with Gasteiger partial charge in [0.15, 0.2) is 0 Å². The van der Waals surface area contributed by atoms with Crippen LogP contribution in [0, 0.1) is 11.8 Å². The number of ether oxygens (including phenoxy) is 3. The third-order valence-electron chi connectivity index (χ3n) is 4.24. The van der Waals surface area contributed by atoms with Crippen LogP contribution in [0.15, 0.2) is 0 Å². The van der Waals surface area contributed by atoms with Crippen LogP contribution < -0.4 is 5.32 Å². The number of hydrogen-bond acceptors (Lipinski definition) is 7. The number of carbonyl (C=O) groups excluding carboxylic acids is 4. The Balaban J connectivity index is 2.85. The average Bonchev–Trinajstić information content (AvgIpc) is 3.08. The van der Waals surface area contributed by atoms with Crippen LogP contribution in [0.4, 0.5) is 0 Å². The Bertz CT molecular complexity index is 471. The molecule has 136 valence electrons. The van der Waals surface area contributed by atoms with Crippen molar-refractivity contribution >= 4 is 23.8 Å². The monoisotopic (exact) mass is 343 g/mol. The van der Waals surface area contributed by atoms with E-state index in [1.807, 2.05) is 0 Å². The molecule has 0 aromatic carbocycles. The molecule has 8 heteroatoms. The number of amides is 1. The van der Waals surface area contributed by atoms with E-state index in [-0.39, 0.29) is 18.2 Å². The molecule has 0 saturated heterocycles. The molecule has 2 atom stereocenters. The minimum atomic E-state index is -1.30. The molecule has 0 unspecified atom stereocenters. The summed E-state index contributed by atoms with van der Waals surface area (Å²) in [5, 5.41) is 2.52. The van der Waals surface area contributed by atoms with Crippen LogP contribution in [0.3, 0.4) is 0 Å². The molecule has 0 bridgehead atoms. The highest BCUT2D eigenvalue weighted by Crippen LogP contribution is 2.27. The lowest BCUT2D eigenvalue weighted by Gasteiger charge is -2.24. The number of nitrogens with one attached hydrogen (secondary N) is 1. The highest BCUT2D eigenvalue weighted by Gasteiger charge is 2.38. The zero-order valence-electron chi connectivity index (χ0n) is 14.3. The molecule has 8 nitrogen and oxygen atoms in total. The van der Waals surface area contributed by atoms with Crippen molar-refractivity contribution in [1.29, 1.82) is 0 Å². The molecule has 1 fully saturated rings. The minimum Gasteiger partial charge on any atom is -0.469 e. The van der Waals surface area contributed by atoms with Crippen molar-refractivity contribution in [3.63, 3.8) is 0 Å². The summed E-state index contributed by atoms with van der Waals surface area (Å²) in [7, 11) is 3.45. The summed E-state index contributed by atoms with van der Waals surface area (Å²) >= 11 is 0. The molecule has 0 spiro atoms. The van der Waals surface area contributed by atoms with Gasteiger partial charge in [0.25, 0.3) is 0 Å². The Kier molecular flexibility index (Phi) is 8.21. The molecule has 0 radical (unpaired) electrons. The lowest BCUT2D eigenvalue weighted by atomic mass is 9.95. The summed E-state index contributed by atoms with van der Waals surface area (Å²) in [6.45, 7) is 0. The highest BCUT2D eigenvalue weighted by atomic mass is 16.5. The fraction of sp³-hybridized carbons (Fsp3) is 0.750. The Morgan fingerprint density at radius 2 is 1.54 bits per heavy atom. The fourth-order valence-corrected chi connectivity index (χ4v) is 2.91. The Morgan fingerprint density at radius 1 is 0.958 bits per heavy atom. The predicted octanol–water partition coefficient (Wildman–Crippen LogP) is 0.577. The minimum absolute atomic E-state index is 0.277. The van der Waals surface area contributed by atoms with Crippen LogP contribution in [-0.2, 0) is 33.4 Å². The summed E-state index contributed by atoms with van der Waals surface area (Å²) in [5.41, 5.74) is 0. The maximum atomic E-state index is 12.2. The third-order valence-corrected chi connectivity index (χ3v) is 4.24. The predicted molar refractivity (Wildman–Crippen MR) is 82.7 cm³/mol. The van der Waals surface area contributed by atoms with E-state index in [4.69, 9.17) is 0 Å². The molecule has 1 aliphatic rings. The molecule has 0 aromatic heterocycles. The quantitative estimate of drug-likeness (QED) is 0.507. The highest BCUT2D eigenvalue weighted by molar-refractivity contribution is 5.91. The second-order valence-electron chi connectivity index (χ2n) is 5.83. The van der Waals surface area contributed by atoms with E-state index < -0.39 is 36.3 Å². The van der Waals surface area contributed by atoms with Crippen molar-refractivity contribution in [1.82, 2.24) is 5.32 Å². The first-order valence-corrected chi connectivity index (χ1v) is 7.94. The van der Waals surface area contributed by atoms with Gasteiger partial charge >= 0.3 is 17.9 Å². The van der Waals surface area contributed by atoms with E-state index in [0.717, 1.165) is 39.9 Å². The van der Waals surface area contributed by atoms with Crippen LogP contribution in [0.25, 0.3) is 0 Å². The zero-order chi connectivity index (χ0) is 18.1. The Hall–Kier alpha value is -2.12. The van der Waals surface area contributed by atoms with E-state index in [0.29, 0.717) is 0 Å². The van der Waals surface area contributed by atoms with Gasteiger partial charge in [0.2, 0.25) is 5.91 Å². The first kappa shape index (κ1) is 19.9. The van der Waals surface area contributed by atoms with Crippen LogP contribution in [0.5, 0.6) is 0 Å². The van der Waals surface area contributed by atoms with Gasteiger partial charge in [-0.25, -0.2) is 4.79 Å². The number of esters is 3. The summed E-state index contributed by atoms with van der Waals surface area (Å²) in [4.78, 5) is 47.7. The molecule has 0 heterocycles. The SMILES string of the molecule is COC(=O)C[C@@H](C(=O)OC)[C@@H](NC(=O)CC1CCCC1)C(=O)OC. The molecule has 1 amide bonds. The zero-order valence-corrected chi connectivity index (χ0v) is 14.3. The summed E-state index contributed by atoms with van der Waals surface area (Å²) < 4.78 is 13.8. The van der Waals surface area contributed by atoms with E-state index in [2.05, 4.69) is 19.5 Å². The molecule has 1 aliphatic carbocycles. The maximum Gasteiger partial charge on any atom is 0.329 e. The van der Waals surface area contributed by atoms with Crippen LogP contribution in [0.1, 0.15) is 38.5 Å². The number of methoxy groups -OCH3 is 3. The lowest BCUT2D eigenvalue weighted by molar-refractivity contribution is -0.159. The van der Waals surface area contributed by atoms with E-state index >= 15 is 0 Å². The number of rotatable bonds is 8. The van der Waals surface area contributed by atoms with Gasteiger partial charge < -0.3 is 19.5 Å². The summed E-state index contributed by atoms with van der Waals surface area (Å²) in [6.07, 6.45) is 4.00. The second kappa shape index (κ2) is 9.89. The molecule has 0 aromatic rings. The van der Waals surface area contributed by atoms with Crippen LogP contribution >= 0.6 is 0 Å². The van der Waals surface area contributed by atoms with Gasteiger partial charge in [-0.05, 0) is 18.8 Å². The molecular weight excluding hydrogens is 318 g/mol. The molecule has 24 heavy (non-hydrogen) atoms. The average molecular weight is 343 g/mol. The van der Waals surface area contributed by atoms with Crippen molar-refractivity contribution in [2.24, 2.45) is 11.8 Å². The van der Waals surface area contributed by atoms with E-state index in [1.54, 1.807) is 0 Å². The van der Waals surface area contributed by atoms with Crippen molar-refractivity contribution < 1.29 is 33.4 Å². The topological polar surface area (TPSA) is 108 Å². The van der Waals surface area contributed by atoms with Crippen LogP contribution in [-0.4, -0.2) is 51.2 Å². The van der Waals surface area contributed by atoms with Crippen molar-refractivity contribution in [3.8, 4) is 0 Å². The van der Waals surface area contributed by atoms with Gasteiger partial charge in [-0.15, -0.1) is 0 Å². The first-order chi connectivity index (χ1) is 11.4. The number of carbonyl (C=O) groups is 4. The van der Waals surface area contributed by atoms with Gasteiger partial charge in [0.05, 0.1) is 33.7 Å². The van der Waals surface area contributed by atoms with E-state index in [1.165, 1.54) is 7.11 Å². The second-order valence-corrected chi connectivity index (χ2v) is 5.83. The number of hydrogen-bond donors (Lipinski definition) is 1. The molecule has 1 saturated carbocycles. The maximum absolute atomic E-state index is 12.2. The molecule has 1 rings (SSSR count). The van der Waals surface area contributed by atoms with E-state index in [9.17, 15) is 19.2 Å². The van der Waals surface area contributed by atoms with Gasteiger partial charge in [-0.2, -0.15) is 0 Å². The first-order valence-electron chi connectivity index (χ1n) is 7.94. The van der Waals surface area contributed by atoms with Gasteiger partial charge in [-0.1, -0.05) is 12.8 Å². The molecular formula is C16H25NO7. The summed E-state index contributed by atoms with van der Waals surface area (Å²) in [6, 6.07) is -1.30. The van der Waals surface area contributed by atoms with Gasteiger partial charge in [0, 0.05) is 6.42 Å². The molecule has 0 aliphatic heterocycles. The Morgan fingerprint density at radius 3 is 2.04 bits per heavy atom. The standard InChI is InChI=1S/C16H25NO7/c1-22-13(19)9-11(15(20)23-2)14(16(21)24-3)17-12(18)8-10-6-4-5-7-10/h10-11,14H,4-9H2,1-3H3,(H,17,18)/t11-,14-/m1/s1. The normalized spacial score (nSPS) is 16.8. The van der Waals surface area contributed by atoms with Gasteiger partial charge in [-0.3, -0.25) is 14.4 Å². The third kappa shape index (κ3) is 5.82. The Labute approximate surface area is 141 Å². The van der Waals surface area contributed by atoms with Crippen molar-refractivity contribution in [3.05, 3.63) is 0 Å². The van der Waals surface area contributed by atoms with Crippen molar-refractivity contribution in [2.75, 3.05) is 21.3 Å². The molecule has 1 N–H and O–H groups in total. The summed E-state index contributed by atoms with van der Waals surface area (Å²) in [5.74, 6) is -3.57. The van der Waals surface area contributed by atoms with Crippen molar-refractivity contribution in [2.45, 2.75) is 44.6 Å². The lowest BCUT2D eigenvalue weighted by Crippen LogP contribution is -2.50. The van der Waals surface area contributed by atoms with Crippen LogP contribution in [0.2, 0.25) is 0 Å². The fourth-order valence-electron chi connectivity index (χ4n) is 2.91. The van der Waals surface area contributed by atoms with Gasteiger partial charge in [0.1, 0.15) is 6.04 Å².